The van der Waals surface area contributed by atoms with Gasteiger partial charge in [0.05, 0.1) is 18.9 Å². The summed E-state index contributed by atoms with van der Waals surface area (Å²) in [7, 11) is 1.59. The number of aromatic nitrogens is 1. The van der Waals surface area contributed by atoms with Crippen LogP contribution in [0.2, 0.25) is 5.02 Å². The molecule has 0 unspecified atom stereocenters. The highest BCUT2D eigenvalue weighted by atomic mass is 35.5. The molecule has 9 heteroatoms. The molecule has 0 spiro atoms. The fraction of sp³-hybridized carbons (Fsp3) is 0.308. The van der Waals surface area contributed by atoms with Crippen molar-refractivity contribution in [3.8, 4) is 11.5 Å². The molecule has 1 aromatic heterocycles. The Morgan fingerprint density at radius 3 is 2.63 bits per heavy atom. The van der Waals surface area contributed by atoms with Gasteiger partial charge in [-0.25, -0.2) is 14.7 Å². The summed E-state index contributed by atoms with van der Waals surface area (Å²) in [6, 6.07) is 15.7. The number of pyridine rings is 1. The summed E-state index contributed by atoms with van der Waals surface area (Å²) in [5.74, 6) is 1.39. The number of rotatable bonds is 9. The molecule has 0 aliphatic heterocycles. The zero-order valence-electron chi connectivity index (χ0n) is 19.5. The highest BCUT2D eigenvalue weighted by molar-refractivity contribution is 6.30. The minimum absolute atomic E-state index is 0.116. The number of nitrogens with zero attached hydrogens (tertiary/aromatic N) is 2. The molecule has 1 fully saturated rings. The number of carbonyl (C=O) groups excluding carboxylic acids is 1. The number of benzene rings is 2. The van der Waals surface area contributed by atoms with Crippen LogP contribution in [-0.4, -0.2) is 36.0 Å². The van der Waals surface area contributed by atoms with Gasteiger partial charge < -0.3 is 14.8 Å². The summed E-state index contributed by atoms with van der Waals surface area (Å²) in [6.45, 7) is 0.396. The number of halogens is 1. The lowest BCUT2D eigenvalue weighted by Crippen LogP contribution is -2.38. The van der Waals surface area contributed by atoms with E-state index in [0.29, 0.717) is 35.2 Å². The number of anilines is 3. The third kappa shape index (κ3) is 6.15. The minimum atomic E-state index is -0.397. The zero-order valence-corrected chi connectivity index (χ0v) is 20.3. The number of ether oxygens (including phenoxy) is 2. The fourth-order valence-corrected chi connectivity index (χ4v) is 4.25. The van der Waals surface area contributed by atoms with Crippen molar-refractivity contribution in [2.75, 3.05) is 24.0 Å². The average molecular weight is 497 g/mol. The summed E-state index contributed by atoms with van der Waals surface area (Å²) in [5, 5.41) is 13.3. The van der Waals surface area contributed by atoms with Crippen molar-refractivity contribution in [3.63, 3.8) is 0 Å². The van der Waals surface area contributed by atoms with Crippen molar-refractivity contribution in [2.45, 2.75) is 38.2 Å². The van der Waals surface area contributed by atoms with Crippen LogP contribution in [0.1, 0.15) is 31.2 Å². The van der Waals surface area contributed by atoms with Crippen LogP contribution >= 0.6 is 11.6 Å². The highest BCUT2D eigenvalue weighted by Gasteiger charge is 2.25. The predicted molar refractivity (Wildman–Crippen MR) is 136 cm³/mol. The molecule has 2 amide bonds. The lowest BCUT2D eigenvalue weighted by atomic mass is 10.1. The van der Waals surface area contributed by atoms with Gasteiger partial charge in [-0.2, -0.15) is 0 Å². The third-order valence-electron chi connectivity index (χ3n) is 5.93. The zero-order chi connectivity index (χ0) is 24.6. The number of carbonyl (C=O) groups is 1. The molecule has 0 bridgehead atoms. The maximum atomic E-state index is 13.4. The molecule has 0 saturated heterocycles. The molecule has 0 radical (unpaired) electrons. The van der Waals surface area contributed by atoms with Gasteiger partial charge in [0.15, 0.2) is 17.3 Å². The van der Waals surface area contributed by atoms with Crippen LogP contribution in [0.15, 0.2) is 60.8 Å². The van der Waals surface area contributed by atoms with E-state index in [4.69, 9.17) is 21.1 Å². The van der Waals surface area contributed by atoms with Crippen molar-refractivity contribution in [1.82, 2.24) is 10.3 Å². The Bertz CT molecular complexity index is 1140. The summed E-state index contributed by atoms with van der Waals surface area (Å²) in [6.07, 6.45) is 6.54. The maximum absolute atomic E-state index is 13.4. The van der Waals surface area contributed by atoms with E-state index in [1.807, 2.05) is 24.3 Å². The first kappa shape index (κ1) is 24.6. The lowest BCUT2D eigenvalue weighted by molar-refractivity contribution is 0.201. The van der Waals surface area contributed by atoms with Gasteiger partial charge in [0.25, 0.3) is 0 Å². The smallest absolute Gasteiger partial charge is 0.327 e. The average Bonchev–Trinajstić information content (AvgIpc) is 3.39. The van der Waals surface area contributed by atoms with Crippen molar-refractivity contribution in [1.29, 1.82) is 0 Å². The van der Waals surface area contributed by atoms with Gasteiger partial charge in [-0.1, -0.05) is 23.7 Å². The topological polar surface area (TPSA) is 96.0 Å². The molecular weight excluding hydrogens is 468 g/mol. The fourth-order valence-electron chi connectivity index (χ4n) is 4.12. The summed E-state index contributed by atoms with van der Waals surface area (Å²) in [4.78, 5) is 19.2. The minimum Gasteiger partial charge on any atom is -0.493 e. The van der Waals surface area contributed by atoms with Crippen LogP contribution in [0.5, 0.6) is 11.5 Å². The van der Waals surface area contributed by atoms with Crippen molar-refractivity contribution >= 4 is 34.8 Å². The van der Waals surface area contributed by atoms with Gasteiger partial charge in [0.1, 0.15) is 5.69 Å². The van der Waals surface area contributed by atoms with Crippen molar-refractivity contribution in [2.24, 2.45) is 0 Å². The second-order valence-electron chi connectivity index (χ2n) is 8.29. The third-order valence-corrected chi connectivity index (χ3v) is 6.18. The van der Waals surface area contributed by atoms with Crippen LogP contribution in [0, 0.1) is 0 Å². The normalized spacial score (nSPS) is 13.3. The Kier molecular flexibility index (Phi) is 8.28. The van der Waals surface area contributed by atoms with Gasteiger partial charge in [-0.15, -0.1) is 0 Å². The molecule has 4 rings (SSSR count). The highest BCUT2D eigenvalue weighted by Crippen LogP contribution is 2.38. The number of methoxy groups -OCH3 is 1. The molecule has 1 aliphatic carbocycles. The Labute approximate surface area is 209 Å². The first-order valence-corrected chi connectivity index (χ1v) is 12.0. The Balaban J connectivity index is 1.61. The number of hydrogen-bond donors (Lipinski definition) is 3. The second kappa shape index (κ2) is 11.8. The lowest BCUT2D eigenvalue weighted by Gasteiger charge is -2.25. The van der Waals surface area contributed by atoms with E-state index in [9.17, 15) is 10.0 Å². The van der Waals surface area contributed by atoms with E-state index in [-0.39, 0.29) is 17.6 Å². The largest absolute Gasteiger partial charge is 0.493 e. The van der Waals surface area contributed by atoms with Crippen LogP contribution in [0.3, 0.4) is 0 Å². The monoisotopic (exact) mass is 496 g/mol. The van der Waals surface area contributed by atoms with Crippen LogP contribution in [-0.2, 0) is 6.42 Å². The van der Waals surface area contributed by atoms with Gasteiger partial charge in [-0.3, -0.25) is 10.7 Å². The molecule has 35 heavy (non-hydrogen) atoms. The molecule has 3 aromatic rings. The van der Waals surface area contributed by atoms with Crippen molar-refractivity contribution < 1.29 is 19.5 Å². The molecule has 0 atom stereocenters. The molecular formula is C26H29ClN4O4. The quantitative estimate of drug-likeness (QED) is 0.316. The molecule has 8 nitrogen and oxygen atoms in total. The summed E-state index contributed by atoms with van der Waals surface area (Å²) >= 11 is 5.96. The molecule has 184 valence electrons. The molecule has 1 aliphatic rings. The van der Waals surface area contributed by atoms with Crippen LogP contribution in [0.4, 0.5) is 22.0 Å². The van der Waals surface area contributed by atoms with Crippen molar-refractivity contribution in [3.05, 3.63) is 71.4 Å². The number of amides is 2. The van der Waals surface area contributed by atoms with E-state index in [0.717, 1.165) is 31.2 Å². The molecule has 1 saturated carbocycles. The van der Waals surface area contributed by atoms with Gasteiger partial charge >= 0.3 is 6.03 Å². The number of hydrogen-bond acceptors (Lipinski definition) is 6. The first-order valence-electron chi connectivity index (χ1n) is 11.6. The van der Waals surface area contributed by atoms with E-state index >= 15 is 0 Å². The van der Waals surface area contributed by atoms with Crippen LogP contribution in [0.25, 0.3) is 0 Å². The van der Waals surface area contributed by atoms with Gasteiger partial charge in [0.2, 0.25) is 0 Å². The second-order valence-corrected chi connectivity index (χ2v) is 8.73. The first-order chi connectivity index (χ1) is 17.1. The molecule has 3 N–H and O–H groups in total. The standard InChI is InChI=1S/C26H29ClN4O4/c1-34-23-13-12-20(17-24(23)35-21-5-2-3-6-21)31(25-22(30-33)7-4-15-28-25)26(32)29-16-14-18-8-10-19(27)11-9-18/h4,7-13,15,17,21,30,33H,2-3,5-6,14,16H2,1H3,(H,29,32). The van der Waals surface area contributed by atoms with E-state index < -0.39 is 6.03 Å². The summed E-state index contributed by atoms with van der Waals surface area (Å²) in [5.41, 5.74) is 3.99. The Hall–Kier alpha value is -3.49. The predicted octanol–water partition coefficient (Wildman–Crippen LogP) is 5.96. The maximum Gasteiger partial charge on any atom is 0.327 e. The van der Waals surface area contributed by atoms with Gasteiger partial charge in [-0.05, 0) is 74.1 Å². The van der Waals surface area contributed by atoms with E-state index in [1.54, 1.807) is 43.6 Å². The van der Waals surface area contributed by atoms with E-state index in [2.05, 4.69) is 15.8 Å². The van der Waals surface area contributed by atoms with Gasteiger partial charge in [0, 0.05) is 23.8 Å². The Morgan fingerprint density at radius 2 is 1.91 bits per heavy atom. The Morgan fingerprint density at radius 1 is 1.14 bits per heavy atom. The number of urea groups is 1. The SMILES string of the molecule is COc1ccc(N(C(=O)NCCc2ccc(Cl)cc2)c2ncccc2NO)cc1OC1CCCC1. The molecule has 1 heterocycles. The van der Waals surface area contributed by atoms with Crippen LogP contribution < -0.4 is 25.2 Å². The number of nitrogens with one attached hydrogen (secondary N) is 2. The van der Waals surface area contributed by atoms with E-state index in [1.165, 1.54) is 4.90 Å². The summed E-state index contributed by atoms with van der Waals surface area (Å²) < 4.78 is 11.7. The molecule has 2 aromatic carbocycles.